The number of rotatable bonds is 6. The molecule has 1 fully saturated rings. The van der Waals surface area contributed by atoms with Crippen molar-refractivity contribution in [2.45, 2.75) is 25.7 Å². The van der Waals surface area contributed by atoms with E-state index in [1.165, 1.54) is 0 Å². The lowest BCUT2D eigenvalue weighted by Gasteiger charge is -2.24. The Kier molecular flexibility index (Phi) is 3.98. The molecule has 0 spiro atoms. The van der Waals surface area contributed by atoms with Crippen LogP contribution in [0.15, 0.2) is 0 Å². The molecule has 0 unspecified atom stereocenters. The van der Waals surface area contributed by atoms with Crippen LogP contribution in [0.1, 0.15) is 30.1 Å². The molecule has 18 heavy (non-hydrogen) atoms. The summed E-state index contributed by atoms with van der Waals surface area (Å²) in [6.45, 7) is 2.76. The van der Waals surface area contributed by atoms with Crippen LogP contribution in [-0.2, 0) is 0 Å². The smallest absolute Gasteiger partial charge is 0.137 e. The first kappa shape index (κ1) is 13.0. The fraction of sp³-hybridized carbons (Fsp3) is 0.667. The van der Waals surface area contributed by atoms with Gasteiger partial charge in [-0.3, -0.25) is 0 Å². The van der Waals surface area contributed by atoms with Crippen molar-refractivity contribution in [2.75, 3.05) is 36.9 Å². The number of anilines is 2. The molecule has 100 valence electrons. The minimum Gasteiger partial charge on any atom is -0.395 e. The van der Waals surface area contributed by atoms with E-state index in [0.29, 0.717) is 24.8 Å². The van der Waals surface area contributed by atoms with Crippen molar-refractivity contribution in [1.29, 1.82) is 0 Å². The van der Waals surface area contributed by atoms with Crippen molar-refractivity contribution >= 4 is 11.6 Å². The van der Waals surface area contributed by atoms with E-state index in [-0.39, 0.29) is 13.2 Å². The number of nitrogens with two attached hydrogens (primary N) is 1. The first-order valence-corrected chi connectivity index (χ1v) is 6.28. The van der Waals surface area contributed by atoms with Gasteiger partial charge in [-0.2, -0.15) is 0 Å². The van der Waals surface area contributed by atoms with Crippen LogP contribution < -0.4 is 10.6 Å². The van der Waals surface area contributed by atoms with Gasteiger partial charge in [-0.25, -0.2) is 9.97 Å². The van der Waals surface area contributed by atoms with Gasteiger partial charge in [0, 0.05) is 24.6 Å². The quantitative estimate of drug-likeness (QED) is 0.661. The van der Waals surface area contributed by atoms with E-state index in [9.17, 15) is 0 Å². The van der Waals surface area contributed by atoms with Crippen molar-refractivity contribution < 1.29 is 10.2 Å². The lowest BCUT2D eigenvalue weighted by atomic mass is 10.2. The highest BCUT2D eigenvalue weighted by molar-refractivity contribution is 5.56. The fourth-order valence-corrected chi connectivity index (χ4v) is 1.94. The summed E-state index contributed by atoms with van der Waals surface area (Å²) in [5.41, 5.74) is 6.72. The molecule has 0 aliphatic heterocycles. The molecule has 2 rings (SSSR count). The molecule has 4 N–H and O–H groups in total. The molecule has 0 amide bonds. The molecule has 1 aromatic rings. The first-order valence-electron chi connectivity index (χ1n) is 6.28. The molecule has 0 saturated heterocycles. The molecule has 1 heterocycles. The average molecular weight is 252 g/mol. The highest BCUT2D eigenvalue weighted by atomic mass is 16.3. The maximum atomic E-state index is 9.08. The molecule has 1 aliphatic rings. The van der Waals surface area contributed by atoms with Gasteiger partial charge in [0.25, 0.3) is 0 Å². The number of hydrogen-bond acceptors (Lipinski definition) is 6. The van der Waals surface area contributed by atoms with Gasteiger partial charge in [0.05, 0.1) is 13.2 Å². The SMILES string of the molecule is Cc1c(N)nc(C2CC2)nc1N(CCO)CCO. The van der Waals surface area contributed by atoms with E-state index in [2.05, 4.69) is 9.97 Å². The van der Waals surface area contributed by atoms with Crippen LogP contribution in [0.25, 0.3) is 0 Å². The van der Waals surface area contributed by atoms with E-state index in [1.54, 1.807) is 0 Å². The predicted molar refractivity (Wildman–Crippen MR) is 69.5 cm³/mol. The molecule has 0 radical (unpaired) electrons. The zero-order valence-electron chi connectivity index (χ0n) is 10.6. The van der Waals surface area contributed by atoms with Gasteiger partial charge in [-0.1, -0.05) is 0 Å². The molecule has 0 atom stereocenters. The molecule has 0 aromatic carbocycles. The predicted octanol–water partition coefficient (Wildman–Crippen LogP) is 0.0356. The van der Waals surface area contributed by atoms with E-state index in [0.717, 1.165) is 30.0 Å². The number of nitrogens with zero attached hydrogens (tertiary/aromatic N) is 3. The summed E-state index contributed by atoms with van der Waals surface area (Å²) < 4.78 is 0. The Bertz CT molecular complexity index is 415. The van der Waals surface area contributed by atoms with Crippen LogP contribution in [0.2, 0.25) is 0 Å². The molecule has 6 heteroatoms. The third-order valence-electron chi connectivity index (χ3n) is 3.16. The van der Waals surface area contributed by atoms with Crippen LogP contribution in [0.5, 0.6) is 0 Å². The number of aromatic nitrogens is 2. The van der Waals surface area contributed by atoms with Crippen molar-refractivity contribution in [3.05, 3.63) is 11.4 Å². The van der Waals surface area contributed by atoms with E-state index < -0.39 is 0 Å². The zero-order valence-corrected chi connectivity index (χ0v) is 10.6. The normalized spacial score (nSPS) is 14.8. The summed E-state index contributed by atoms with van der Waals surface area (Å²) in [6.07, 6.45) is 2.23. The van der Waals surface area contributed by atoms with Crippen LogP contribution in [0.4, 0.5) is 11.6 Å². The van der Waals surface area contributed by atoms with Crippen molar-refractivity contribution in [2.24, 2.45) is 0 Å². The maximum Gasteiger partial charge on any atom is 0.137 e. The summed E-state index contributed by atoms with van der Waals surface area (Å²) >= 11 is 0. The lowest BCUT2D eigenvalue weighted by Crippen LogP contribution is -2.31. The second-order valence-corrected chi connectivity index (χ2v) is 4.62. The molecule has 1 aromatic heterocycles. The fourth-order valence-electron chi connectivity index (χ4n) is 1.94. The van der Waals surface area contributed by atoms with Gasteiger partial charge >= 0.3 is 0 Å². The van der Waals surface area contributed by atoms with E-state index in [1.807, 2.05) is 11.8 Å². The Morgan fingerprint density at radius 1 is 1.22 bits per heavy atom. The van der Waals surface area contributed by atoms with Gasteiger partial charge in [-0.05, 0) is 19.8 Å². The summed E-state index contributed by atoms with van der Waals surface area (Å²) in [5.74, 6) is 2.43. The Morgan fingerprint density at radius 2 is 1.83 bits per heavy atom. The molecular weight excluding hydrogens is 232 g/mol. The topological polar surface area (TPSA) is 95.5 Å². The van der Waals surface area contributed by atoms with Crippen molar-refractivity contribution in [1.82, 2.24) is 9.97 Å². The van der Waals surface area contributed by atoms with Gasteiger partial charge in [-0.15, -0.1) is 0 Å². The van der Waals surface area contributed by atoms with Gasteiger partial charge in [0.2, 0.25) is 0 Å². The third-order valence-corrected chi connectivity index (χ3v) is 3.16. The first-order chi connectivity index (χ1) is 8.67. The Balaban J connectivity index is 2.33. The molecule has 1 aliphatic carbocycles. The van der Waals surface area contributed by atoms with E-state index in [4.69, 9.17) is 15.9 Å². The Morgan fingerprint density at radius 3 is 2.33 bits per heavy atom. The van der Waals surface area contributed by atoms with Gasteiger partial charge < -0.3 is 20.8 Å². The molecular formula is C12H20N4O2. The van der Waals surface area contributed by atoms with Gasteiger partial charge in [0.15, 0.2) is 0 Å². The summed E-state index contributed by atoms with van der Waals surface area (Å²) in [7, 11) is 0. The molecule has 6 nitrogen and oxygen atoms in total. The Labute approximate surface area is 106 Å². The largest absolute Gasteiger partial charge is 0.395 e. The number of aliphatic hydroxyl groups excluding tert-OH is 2. The van der Waals surface area contributed by atoms with Crippen molar-refractivity contribution in [3.8, 4) is 0 Å². The van der Waals surface area contributed by atoms with Crippen LogP contribution in [0.3, 0.4) is 0 Å². The standard InChI is InChI=1S/C12H20N4O2/c1-8-10(13)14-11(9-2-3-9)15-12(8)16(4-6-17)5-7-18/h9,17-18H,2-7H2,1H3,(H2,13,14,15). The highest BCUT2D eigenvalue weighted by Crippen LogP contribution is 2.39. The highest BCUT2D eigenvalue weighted by Gasteiger charge is 2.28. The monoisotopic (exact) mass is 252 g/mol. The Hall–Kier alpha value is -1.40. The molecule has 1 saturated carbocycles. The minimum absolute atomic E-state index is 0.0160. The van der Waals surface area contributed by atoms with Crippen LogP contribution >= 0.6 is 0 Å². The number of hydrogen-bond donors (Lipinski definition) is 3. The lowest BCUT2D eigenvalue weighted by molar-refractivity contribution is 0.280. The summed E-state index contributed by atoms with van der Waals surface area (Å²) in [6, 6.07) is 0. The molecule has 0 bridgehead atoms. The van der Waals surface area contributed by atoms with Gasteiger partial charge in [0.1, 0.15) is 17.5 Å². The average Bonchev–Trinajstić information content (AvgIpc) is 3.16. The second kappa shape index (κ2) is 5.49. The van der Waals surface area contributed by atoms with Crippen LogP contribution in [0, 0.1) is 6.92 Å². The third kappa shape index (κ3) is 2.70. The van der Waals surface area contributed by atoms with Crippen LogP contribution in [-0.4, -0.2) is 46.5 Å². The summed E-state index contributed by atoms with van der Waals surface area (Å²) in [4.78, 5) is 10.7. The second-order valence-electron chi connectivity index (χ2n) is 4.62. The zero-order chi connectivity index (χ0) is 13.1. The van der Waals surface area contributed by atoms with E-state index >= 15 is 0 Å². The summed E-state index contributed by atoms with van der Waals surface area (Å²) in [5, 5.41) is 18.2. The minimum atomic E-state index is 0.0160. The van der Waals surface area contributed by atoms with Crippen molar-refractivity contribution in [3.63, 3.8) is 0 Å². The maximum absolute atomic E-state index is 9.08. The number of nitrogen functional groups attached to an aromatic ring is 1. The number of aliphatic hydroxyl groups is 2.